The Morgan fingerprint density at radius 1 is 1.42 bits per heavy atom. The average molecular weight is 328 g/mol. The van der Waals surface area contributed by atoms with E-state index in [0.29, 0.717) is 6.54 Å². The number of benzene rings is 1. The van der Waals surface area contributed by atoms with Crippen molar-refractivity contribution in [3.8, 4) is 0 Å². The molecule has 1 amide bonds. The summed E-state index contributed by atoms with van der Waals surface area (Å²) in [6.07, 6.45) is 0.440. The van der Waals surface area contributed by atoms with Crippen LogP contribution in [0.5, 0.6) is 0 Å². The molecule has 104 valence electrons. The number of morpholine rings is 1. The highest BCUT2D eigenvalue weighted by Crippen LogP contribution is 2.15. The van der Waals surface area contributed by atoms with Gasteiger partial charge in [0.2, 0.25) is 0 Å². The molecular formula is C14H20BrN2O2+. The zero-order chi connectivity index (χ0) is 13.8. The highest BCUT2D eigenvalue weighted by atomic mass is 79.9. The summed E-state index contributed by atoms with van der Waals surface area (Å²) in [5.74, 6) is 0.0504. The molecule has 1 heterocycles. The van der Waals surface area contributed by atoms with Crippen molar-refractivity contribution >= 4 is 27.5 Å². The maximum absolute atomic E-state index is 12.0. The van der Waals surface area contributed by atoms with Gasteiger partial charge in [0.25, 0.3) is 5.91 Å². The van der Waals surface area contributed by atoms with Crippen LogP contribution in [-0.2, 0) is 9.53 Å². The number of nitrogens with one attached hydrogen (secondary N) is 2. The first kappa shape index (κ1) is 14.5. The third kappa shape index (κ3) is 4.60. The van der Waals surface area contributed by atoms with Gasteiger partial charge in [0.1, 0.15) is 25.3 Å². The predicted molar refractivity (Wildman–Crippen MR) is 78.3 cm³/mol. The molecule has 1 fully saturated rings. The molecule has 1 aliphatic heterocycles. The van der Waals surface area contributed by atoms with Crippen LogP contribution in [0.3, 0.4) is 0 Å². The number of anilines is 1. The Bertz CT molecular complexity index is 443. The van der Waals surface area contributed by atoms with Crippen LogP contribution in [0.25, 0.3) is 0 Å². The molecular weight excluding hydrogens is 308 g/mol. The number of carbonyl (C=O) groups excluding carboxylic acids is 1. The van der Waals surface area contributed by atoms with Crippen molar-refractivity contribution in [1.82, 2.24) is 0 Å². The number of quaternary nitrogens is 1. The summed E-state index contributed by atoms with van der Waals surface area (Å²) in [5.41, 5.74) is 0.827. The van der Waals surface area contributed by atoms with Gasteiger partial charge < -0.3 is 15.0 Å². The zero-order valence-corrected chi connectivity index (χ0v) is 12.9. The highest BCUT2D eigenvalue weighted by molar-refractivity contribution is 9.10. The van der Waals surface area contributed by atoms with E-state index >= 15 is 0 Å². The number of rotatable bonds is 3. The van der Waals surface area contributed by atoms with Gasteiger partial charge >= 0.3 is 0 Å². The second-order valence-corrected chi connectivity index (χ2v) is 6.07. The van der Waals surface area contributed by atoms with Crippen LogP contribution in [-0.4, -0.2) is 37.7 Å². The Kier molecular flexibility index (Phi) is 4.96. The largest absolute Gasteiger partial charge is 0.364 e. The van der Waals surface area contributed by atoms with Crippen molar-refractivity contribution in [2.24, 2.45) is 0 Å². The van der Waals surface area contributed by atoms with Crippen molar-refractivity contribution in [2.45, 2.75) is 26.1 Å². The van der Waals surface area contributed by atoms with Crippen molar-refractivity contribution < 1.29 is 14.4 Å². The van der Waals surface area contributed by atoms with E-state index in [2.05, 4.69) is 35.1 Å². The topological polar surface area (TPSA) is 42.8 Å². The van der Waals surface area contributed by atoms with Crippen molar-refractivity contribution in [1.29, 1.82) is 0 Å². The van der Waals surface area contributed by atoms with Gasteiger partial charge in [-0.25, -0.2) is 0 Å². The Morgan fingerprint density at radius 3 is 2.74 bits per heavy atom. The molecule has 4 nitrogen and oxygen atoms in total. The summed E-state index contributed by atoms with van der Waals surface area (Å²) >= 11 is 3.39. The molecule has 0 spiro atoms. The van der Waals surface area contributed by atoms with Crippen LogP contribution < -0.4 is 10.2 Å². The first-order chi connectivity index (χ1) is 9.02. The standard InChI is InChI=1S/C14H19BrN2O2/c1-10-7-17(8-11(2)19-10)9-14(18)16-13-5-3-4-12(15)6-13/h3-6,10-11H,7-9H2,1-2H3,(H,16,18)/p+1/t10-,11+. The quantitative estimate of drug-likeness (QED) is 0.872. The molecule has 1 saturated heterocycles. The molecule has 0 aromatic heterocycles. The SMILES string of the molecule is C[C@@H]1C[NH+](CC(=O)Nc2cccc(Br)c2)C[C@H](C)O1. The molecule has 1 aliphatic rings. The molecule has 19 heavy (non-hydrogen) atoms. The molecule has 1 aromatic rings. The Hall–Kier alpha value is -0.910. The fraction of sp³-hybridized carbons (Fsp3) is 0.500. The summed E-state index contributed by atoms with van der Waals surface area (Å²) in [6.45, 7) is 6.38. The predicted octanol–water partition coefficient (Wildman–Crippen LogP) is 1.08. The van der Waals surface area contributed by atoms with E-state index < -0.39 is 0 Å². The van der Waals surface area contributed by atoms with E-state index in [0.717, 1.165) is 23.2 Å². The van der Waals surface area contributed by atoms with Gasteiger partial charge in [-0.15, -0.1) is 0 Å². The van der Waals surface area contributed by atoms with Gasteiger partial charge in [-0.05, 0) is 32.0 Å². The molecule has 2 rings (SSSR count). The third-order valence-corrected chi connectivity index (χ3v) is 3.63. The molecule has 2 N–H and O–H groups in total. The minimum Gasteiger partial charge on any atom is -0.364 e. The zero-order valence-electron chi connectivity index (χ0n) is 11.3. The van der Waals surface area contributed by atoms with Crippen LogP contribution >= 0.6 is 15.9 Å². The molecule has 1 aromatic carbocycles. The molecule has 3 atom stereocenters. The Balaban J connectivity index is 1.87. The van der Waals surface area contributed by atoms with Gasteiger partial charge in [0.05, 0.1) is 0 Å². The van der Waals surface area contributed by atoms with Crippen LogP contribution in [0.15, 0.2) is 28.7 Å². The smallest absolute Gasteiger partial charge is 0.279 e. The van der Waals surface area contributed by atoms with E-state index in [-0.39, 0.29) is 18.1 Å². The summed E-state index contributed by atoms with van der Waals surface area (Å²) in [5, 5.41) is 2.93. The Morgan fingerprint density at radius 2 is 2.11 bits per heavy atom. The monoisotopic (exact) mass is 327 g/mol. The number of hydrogen-bond donors (Lipinski definition) is 2. The molecule has 0 radical (unpaired) electrons. The van der Waals surface area contributed by atoms with E-state index in [1.54, 1.807) is 0 Å². The average Bonchev–Trinajstić information content (AvgIpc) is 2.26. The minimum atomic E-state index is 0.0504. The van der Waals surface area contributed by atoms with E-state index in [9.17, 15) is 4.79 Å². The Labute approximate surface area is 122 Å². The lowest BCUT2D eigenvalue weighted by molar-refractivity contribution is -0.907. The molecule has 0 bridgehead atoms. The number of amides is 1. The maximum atomic E-state index is 12.0. The van der Waals surface area contributed by atoms with Crippen LogP contribution in [0.4, 0.5) is 5.69 Å². The van der Waals surface area contributed by atoms with Crippen molar-refractivity contribution in [2.75, 3.05) is 25.0 Å². The summed E-state index contributed by atoms with van der Waals surface area (Å²) in [4.78, 5) is 13.3. The maximum Gasteiger partial charge on any atom is 0.279 e. The normalized spacial score (nSPS) is 27.0. The van der Waals surface area contributed by atoms with Gasteiger partial charge in [-0.3, -0.25) is 4.79 Å². The fourth-order valence-corrected chi connectivity index (χ4v) is 2.93. The number of ether oxygens (including phenoxy) is 1. The number of carbonyl (C=O) groups is 1. The van der Waals surface area contributed by atoms with Gasteiger partial charge in [0.15, 0.2) is 6.54 Å². The summed E-state index contributed by atoms with van der Waals surface area (Å²) in [6, 6.07) is 7.64. The lowest BCUT2D eigenvalue weighted by atomic mass is 10.2. The van der Waals surface area contributed by atoms with E-state index in [4.69, 9.17) is 4.74 Å². The lowest BCUT2D eigenvalue weighted by Crippen LogP contribution is -3.16. The summed E-state index contributed by atoms with van der Waals surface area (Å²) < 4.78 is 6.64. The van der Waals surface area contributed by atoms with Gasteiger partial charge in [0, 0.05) is 10.2 Å². The summed E-state index contributed by atoms with van der Waals surface area (Å²) in [7, 11) is 0. The first-order valence-electron chi connectivity index (χ1n) is 6.57. The van der Waals surface area contributed by atoms with E-state index in [1.165, 1.54) is 4.90 Å². The van der Waals surface area contributed by atoms with Crippen LogP contribution in [0.2, 0.25) is 0 Å². The van der Waals surface area contributed by atoms with Crippen molar-refractivity contribution in [3.63, 3.8) is 0 Å². The number of hydrogen-bond acceptors (Lipinski definition) is 2. The third-order valence-electron chi connectivity index (χ3n) is 3.14. The van der Waals surface area contributed by atoms with E-state index in [1.807, 2.05) is 24.3 Å². The van der Waals surface area contributed by atoms with Crippen LogP contribution in [0.1, 0.15) is 13.8 Å². The van der Waals surface area contributed by atoms with Gasteiger partial charge in [-0.2, -0.15) is 0 Å². The minimum absolute atomic E-state index is 0.0504. The number of halogens is 1. The first-order valence-corrected chi connectivity index (χ1v) is 7.36. The van der Waals surface area contributed by atoms with Crippen LogP contribution in [0, 0.1) is 0 Å². The highest BCUT2D eigenvalue weighted by Gasteiger charge is 2.27. The fourth-order valence-electron chi connectivity index (χ4n) is 2.53. The molecule has 1 unspecified atom stereocenters. The molecule has 0 aliphatic carbocycles. The van der Waals surface area contributed by atoms with Gasteiger partial charge in [-0.1, -0.05) is 22.0 Å². The second-order valence-electron chi connectivity index (χ2n) is 5.15. The van der Waals surface area contributed by atoms with Crippen molar-refractivity contribution in [3.05, 3.63) is 28.7 Å². The molecule has 5 heteroatoms. The lowest BCUT2D eigenvalue weighted by Gasteiger charge is -2.31. The second kappa shape index (κ2) is 6.50. The molecule has 0 saturated carbocycles.